The van der Waals surface area contributed by atoms with E-state index in [4.69, 9.17) is 0 Å². The van der Waals surface area contributed by atoms with Crippen molar-refractivity contribution in [3.05, 3.63) is 78.0 Å². The molecule has 0 N–H and O–H groups in total. The monoisotopic (exact) mass is 249 g/mol. The summed E-state index contributed by atoms with van der Waals surface area (Å²) in [4.78, 5) is 4.16. The number of hydrogen-bond donors (Lipinski definition) is 0. The second kappa shape index (κ2) is 6.14. The van der Waals surface area contributed by atoms with Crippen LogP contribution in [0.3, 0.4) is 0 Å². The van der Waals surface area contributed by atoms with Gasteiger partial charge in [-0.25, -0.2) is 0 Å². The maximum Gasteiger partial charge on any atom is 0.0375 e. The Bertz CT molecular complexity index is 598. The Kier molecular flexibility index (Phi) is 4.30. The zero-order valence-corrected chi connectivity index (χ0v) is 11.6. The molecule has 1 aliphatic carbocycles. The first-order chi connectivity index (χ1) is 9.19. The fraction of sp³-hybridized carbons (Fsp3) is 0.167. The number of benzene rings is 1. The molecule has 0 aliphatic heterocycles. The third-order valence-electron chi connectivity index (χ3n) is 3.08. The maximum absolute atomic E-state index is 4.16. The van der Waals surface area contributed by atoms with E-state index in [-0.39, 0.29) is 0 Å². The van der Waals surface area contributed by atoms with Gasteiger partial charge in [-0.1, -0.05) is 54.6 Å². The summed E-state index contributed by atoms with van der Waals surface area (Å²) < 4.78 is 0. The fourth-order valence-corrected chi connectivity index (χ4v) is 2.16. The van der Waals surface area contributed by atoms with Crippen LogP contribution in [0.15, 0.2) is 71.9 Å². The number of aryl methyl sites for hydroxylation is 1. The highest BCUT2D eigenvalue weighted by molar-refractivity contribution is 5.94. The summed E-state index contributed by atoms with van der Waals surface area (Å²) in [6.45, 7) is 7.72. The van der Waals surface area contributed by atoms with Crippen LogP contribution in [0.5, 0.6) is 0 Å². The van der Waals surface area contributed by atoms with Crippen molar-refractivity contribution in [2.24, 2.45) is 4.99 Å². The van der Waals surface area contributed by atoms with E-state index in [0.717, 1.165) is 12.1 Å². The van der Waals surface area contributed by atoms with E-state index in [1.807, 2.05) is 6.92 Å². The third-order valence-corrected chi connectivity index (χ3v) is 3.08. The highest BCUT2D eigenvalue weighted by Gasteiger charge is 2.04. The molecule has 1 aromatic carbocycles. The van der Waals surface area contributed by atoms with E-state index >= 15 is 0 Å². The van der Waals surface area contributed by atoms with Crippen molar-refractivity contribution in [2.75, 3.05) is 0 Å². The molecule has 0 heterocycles. The highest BCUT2D eigenvalue weighted by Crippen LogP contribution is 2.24. The largest absolute Gasteiger partial charge is 0.262 e. The molecule has 96 valence electrons. The van der Waals surface area contributed by atoms with Crippen LogP contribution in [0, 0.1) is 6.92 Å². The van der Waals surface area contributed by atoms with Gasteiger partial charge in [0.25, 0.3) is 0 Å². The molecule has 0 aromatic heterocycles. The van der Waals surface area contributed by atoms with Crippen molar-refractivity contribution < 1.29 is 0 Å². The Hall–Kier alpha value is -2.15. The van der Waals surface area contributed by atoms with Crippen LogP contribution in [0.1, 0.15) is 24.5 Å². The summed E-state index contributed by atoms with van der Waals surface area (Å²) in [5.74, 6) is 0. The number of hydrogen-bond acceptors (Lipinski definition) is 1. The first kappa shape index (κ1) is 13.3. The first-order valence-corrected chi connectivity index (χ1v) is 6.50. The third kappa shape index (κ3) is 3.65. The lowest BCUT2D eigenvalue weighted by Crippen LogP contribution is -1.92. The van der Waals surface area contributed by atoms with Gasteiger partial charge in [0.2, 0.25) is 0 Å². The van der Waals surface area contributed by atoms with Gasteiger partial charge in [0.05, 0.1) is 0 Å². The van der Waals surface area contributed by atoms with E-state index < -0.39 is 0 Å². The lowest BCUT2D eigenvalue weighted by Gasteiger charge is -2.10. The molecule has 0 saturated heterocycles. The predicted octanol–water partition coefficient (Wildman–Crippen LogP) is 4.87. The van der Waals surface area contributed by atoms with Crippen LogP contribution in [0.25, 0.3) is 5.57 Å². The summed E-state index contributed by atoms with van der Waals surface area (Å²) in [6, 6.07) is 8.60. The molecular weight excluding hydrogens is 230 g/mol. The molecule has 1 heteroatoms. The second-order valence-electron chi connectivity index (χ2n) is 4.74. The molecule has 0 unspecified atom stereocenters. The van der Waals surface area contributed by atoms with Gasteiger partial charge < -0.3 is 0 Å². The Morgan fingerprint density at radius 1 is 1.32 bits per heavy atom. The van der Waals surface area contributed by atoms with Gasteiger partial charge in [-0.15, -0.1) is 0 Å². The minimum Gasteiger partial charge on any atom is -0.262 e. The summed E-state index contributed by atoms with van der Waals surface area (Å²) >= 11 is 0. The Balaban J connectivity index is 2.16. The van der Waals surface area contributed by atoms with Crippen molar-refractivity contribution in [1.29, 1.82) is 0 Å². The molecular formula is C18H19N. The van der Waals surface area contributed by atoms with Gasteiger partial charge in [-0.2, -0.15) is 0 Å². The van der Waals surface area contributed by atoms with Crippen LogP contribution < -0.4 is 0 Å². The molecule has 2 rings (SSSR count). The van der Waals surface area contributed by atoms with E-state index in [0.29, 0.717) is 0 Å². The molecule has 0 atom stereocenters. The maximum atomic E-state index is 4.16. The molecule has 0 bridgehead atoms. The van der Waals surface area contributed by atoms with Gasteiger partial charge >= 0.3 is 0 Å². The summed E-state index contributed by atoms with van der Waals surface area (Å²) in [6.07, 6.45) is 11.2. The molecule has 0 saturated carbocycles. The number of nitrogens with zero attached hydrogens (tertiary/aromatic N) is 1. The van der Waals surface area contributed by atoms with Crippen LogP contribution in [-0.4, -0.2) is 5.71 Å². The van der Waals surface area contributed by atoms with Crippen LogP contribution in [-0.2, 0) is 0 Å². The van der Waals surface area contributed by atoms with Crippen molar-refractivity contribution >= 4 is 11.3 Å². The van der Waals surface area contributed by atoms with Crippen LogP contribution in [0.2, 0.25) is 0 Å². The first-order valence-electron chi connectivity index (χ1n) is 6.50. The molecule has 0 spiro atoms. The number of aliphatic imine (C=N–C) groups is 1. The fourth-order valence-electron chi connectivity index (χ4n) is 2.16. The van der Waals surface area contributed by atoms with E-state index in [2.05, 4.69) is 67.1 Å². The summed E-state index contributed by atoms with van der Waals surface area (Å²) in [5, 5.41) is 0. The van der Waals surface area contributed by atoms with Gasteiger partial charge in [-0.3, -0.25) is 4.99 Å². The molecule has 1 nitrogen and oxygen atoms in total. The second-order valence-corrected chi connectivity index (χ2v) is 4.74. The average Bonchev–Trinajstić information content (AvgIpc) is 2.40. The van der Waals surface area contributed by atoms with Gasteiger partial charge in [-0.05, 0) is 43.1 Å². The van der Waals surface area contributed by atoms with Crippen molar-refractivity contribution in [1.82, 2.24) is 0 Å². The minimum absolute atomic E-state index is 0.948. The molecule has 0 amide bonds. The molecule has 1 aromatic rings. The average molecular weight is 249 g/mol. The zero-order chi connectivity index (χ0) is 13.7. The van der Waals surface area contributed by atoms with Crippen LogP contribution >= 0.6 is 0 Å². The smallest absolute Gasteiger partial charge is 0.0375 e. The molecule has 0 radical (unpaired) electrons. The van der Waals surface area contributed by atoms with Crippen molar-refractivity contribution in [3.8, 4) is 0 Å². The summed E-state index contributed by atoms with van der Waals surface area (Å²) in [7, 11) is 0. The Morgan fingerprint density at radius 2 is 2.16 bits per heavy atom. The quantitative estimate of drug-likeness (QED) is 0.678. The van der Waals surface area contributed by atoms with Gasteiger partial charge in [0.15, 0.2) is 0 Å². The topological polar surface area (TPSA) is 12.4 Å². The number of rotatable bonds is 3. The molecule has 19 heavy (non-hydrogen) atoms. The molecule has 1 aliphatic rings. The minimum atomic E-state index is 0.948. The van der Waals surface area contributed by atoms with Gasteiger partial charge in [0.1, 0.15) is 0 Å². The van der Waals surface area contributed by atoms with Crippen molar-refractivity contribution in [2.45, 2.75) is 20.3 Å². The predicted molar refractivity (Wildman–Crippen MR) is 84.3 cm³/mol. The van der Waals surface area contributed by atoms with E-state index in [1.165, 1.54) is 22.3 Å². The van der Waals surface area contributed by atoms with E-state index in [1.54, 1.807) is 6.20 Å². The van der Waals surface area contributed by atoms with Gasteiger partial charge in [0, 0.05) is 11.9 Å². The highest BCUT2D eigenvalue weighted by atomic mass is 14.7. The Morgan fingerprint density at radius 3 is 2.79 bits per heavy atom. The van der Waals surface area contributed by atoms with Crippen molar-refractivity contribution in [3.63, 3.8) is 0 Å². The van der Waals surface area contributed by atoms with Crippen LogP contribution in [0.4, 0.5) is 0 Å². The number of allylic oxidation sites excluding steroid dienone is 6. The SMILES string of the molecule is C=CN=C(C)/C=C1/C=CC(c2cccc(C)c2)=CC1. The summed E-state index contributed by atoms with van der Waals surface area (Å²) in [5.41, 5.74) is 6.13. The lowest BCUT2D eigenvalue weighted by atomic mass is 9.95. The standard InChI is InChI=1S/C18H19N/c1-4-19-15(3)13-16-8-10-17(11-9-16)18-7-5-6-14(2)12-18/h4-8,10-13H,1,9H2,2-3H3/b16-13-,19-15?. The molecule has 0 fully saturated rings. The lowest BCUT2D eigenvalue weighted by molar-refractivity contribution is 1.27. The van der Waals surface area contributed by atoms with E-state index in [9.17, 15) is 0 Å². The normalized spacial score (nSPS) is 17.5. The zero-order valence-electron chi connectivity index (χ0n) is 11.6. The Labute approximate surface area is 115 Å².